The van der Waals surface area contributed by atoms with E-state index in [1.54, 1.807) is 0 Å². The number of ketones is 1. The smallest absolute Gasteiger partial charge is 0.161 e. The van der Waals surface area contributed by atoms with Crippen LogP contribution in [0.25, 0.3) is 0 Å². The van der Waals surface area contributed by atoms with Crippen LogP contribution in [0.2, 0.25) is 18.0 Å². The summed E-state index contributed by atoms with van der Waals surface area (Å²) in [6, 6.07) is 8.74. The lowest BCUT2D eigenvalue weighted by molar-refractivity contribution is 0.0922. The first-order chi connectivity index (χ1) is 11.7. The van der Waals surface area contributed by atoms with Crippen LogP contribution in [0.4, 0.5) is 0 Å². The highest BCUT2D eigenvalue weighted by Gasteiger charge is 2.45. The largest absolute Gasteiger partial charge is 0.294 e. The van der Waals surface area contributed by atoms with Crippen LogP contribution in [0, 0.1) is 0 Å². The van der Waals surface area contributed by atoms with Gasteiger partial charge in [-0.25, -0.2) is 0 Å². The molecule has 0 spiro atoms. The Hall–Kier alpha value is -1.05. The van der Waals surface area contributed by atoms with Crippen LogP contribution >= 0.6 is 0 Å². The molecule has 1 heterocycles. The lowest BCUT2D eigenvalue weighted by atomic mass is 9.29. The summed E-state index contributed by atoms with van der Waals surface area (Å²) < 4.78 is 0. The number of hydrogen-bond donors (Lipinski definition) is 0. The third-order valence-corrected chi connectivity index (χ3v) is 7.10. The van der Waals surface area contributed by atoms with Gasteiger partial charge in [-0.1, -0.05) is 82.9 Å². The van der Waals surface area contributed by atoms with E-state index in [1.807, 2.05) is 0 Å². The standard InChI is InChI=1S/C22H33BO/c1-3-22(4-2,23-16-8-9-17-23)21(24)20-14-12-19(13-15-20)18-10-6-5-7-11-18/h12-15,18H,3-11,16-17H2,1-2H3. The molecule has 1 saturated carbocycles. The molecule has 0 atom stereocenters. The molecule has 3 rings (SSSR count). The molecule has 0 bridgehead atoms. The van der Waals surface area contributed by atoms with Crippen molar-refractivity contribution in [3.8, 4) is 0 Å². The summed E-state index contributed by atoms with van der Waals surface area (Å²) >= 11 is 0. The Balaban J connectivity index is 1.79. The van der Waals surface area contributed by atoms with Crippen LogP contribution in [-0.2, 0) is 0 Å². The van der Waals surface area contributed by atoms with Gasteiger partial charge in [0.05, 0.1) is 0 Å². The quantitative estimate of drug-likeness (QED) is 0.417. The summed E-state index contributed by atoms with van der Waals surface area (Å²) in [5.74, 6) is 1.13. The van der Waals surface area contributed by atoms with Crippen molar-refractivity contribution < 1.29 is 4.79 Å². The number of carbonyl (C=O) groups is 1. The Morgan fingerprint density at radius 3 is 2.08 bits per heavy atom. The Morgan fingerprint density at radius 1 is 0.958 bits per heavy atom. The zero-order chi connectivity index (χ0) is 17.0. The molecule has 2 aliphatic rings. The van der Waals surface area contributed by atoms with Gasteiger partial charge in [0.2, 0.25) is 0 Å². The van der Waals surface area contributed by atoms with Gasteiger partial charge >= 0.3 is 0 Å². The molecule has 0 aromatic heterocycles. The zero-order valence-electron chi connectivity index (χ0n) is 15.7. The highest BCUT2D eigenvalue weighted by molar-refractivity contribution is 6.68. The van der Waals surface area contributed by atoms with Crippen LogP contribution in [-0.4, -0.2) is 12.5 Å². The second-order valence-corrected chi connectivity index (χ2v) is 8.13. The predicted molar refractivity (Wildman–Crippen MR) is 104 cm³/mol. The number of carbonyl (C=O) groups excluding carboxylic acids is 1. The molecular formula is C22H33BO. The van der Waals surface area contributed by atoms with Crippen LogP contribution in [0.1, 0.15) is 93.5 Å². The fourth-order valence-electron chi connectivity index (χ4n) is 5.44. The normalized spacial score (nSPS) is 19.7. The molecule has 24 heavy (non-hydrogen) atoms. The maximum atomic E-state index is 13.4. The van der Waals surface area contributed by atoms with Gasteiger partial charge < -0.3 is 0 Å². The summed E-state index contributed by atoms with van der Waals surface area (Å²) in [6.45, 7) is 5.03. The molecule has 0 amide bonds. The van der Waals surface area contributed by atoms with Gasteiger partial charge in [-0.2, -0.15) is 0 Å². The molecule has 2 fully saturated rings. The first kappa shape index (κ1) is 17.8. The molecule has 1 aromatic rings. The predicted octanol–water partition coefficient (Wildman–Crippen LogP) is 6.77. The molecular weight excluding hydrogens is 291 g/mol. The van der Waals surface area contributed by atoms with Crippen molar-refractivity contribution in [3.63, 3.8) is 0 Å². The van der Waals surface area contributed by atoms with E-state index in [9.17, 15) is 4.79 Å². The molecule has 0 unspecified atom stereocenters. The van der Waals surface area contributed by atoms with Gasteiger partial charge in [0.15, 0.2) is 12.5 Å². The molecule has 0 radical (unpaired) electrons. The van der Waals surface area contributed by atoms with Crippen molar-refractivity contribution in [2.75, 3.05) is 0 Å². The SMILES string of the molecule is CCC(CC)(B1CCCC1)C(=O)c1ccc(C2CCCCC2)cc1. The highest BCUT2D eigenvalue weighted by Crippen LogP contribution is 2.47. The van der Waals surface area contributed by atoms with Crippen molar-refractivity contribution in [2.24, 2.45) is 0 Å². The monoisotopic (exact) mass is 324 g/mol. The first-order valence-electron chi connectivity index (χ1n) is 10.4. The van der Waals surface area contributed by atoms with Crippen molar-refractivity contribution in [1.29, 1.82) is 0 Å². The Kier molecular flexibility index (Phi) is 5.84. The minimum atomic E-state index is -0.122. The van der Waals surface area contributed by atoms with Crippen LogP contribution in [0.15, 0.2) is 24.3 Å². The van der Waals surface area contributed by atoms with Crippen LogP contribution < -0.4 is 0 Å². The summed E-state index contributed by atoms with van der Waals surface area (Å²) in [7, 11) is 0. The third kappa shape index (κ3) is 3.34. The minimum Gasteiger partial charge on any atom is -0.294 e. The van der Waals surface area contributed by atoms with Gasteiger partial charge in [-0.15, -0.1) is 0 Å². The van der Waals surface area contributed by atoms with Crippen molar-refractivity contribution in [2.45, 2.75) is 95.5 Å². The molecule has 1 aliphatic carbocycles. The van der Waals surface area contributed by atoms with E-state index in [2.05, 4.69) is 38.1 Å². The molecule has 130 valence electrons. The van der Waals surface area contributed by atoms with Crippen molar-refractivity contribution in [3.05, 3.63) is 35.4 Å². The maximum absolute atomic E-state index is 13.4. The van der Waals surface area contributed by atoms with Crippen molar-refractivity contribution in [1.82, 2.24) is 0 Å². The molecule has 0 N–H and O–H groups in total. The van der Waals surface area contributed by atoms with E-state index in [0.717, 1.165) is 24.3 Å². The van der Waals surface area contributed by atoms with Crippen molar-refractivity contribution >= 4 is 12.5 Å². The van der Waals surface area contributed by atoms with Gasteiger partial charge in [0, 0.05) is 10.9 Å². The lowest BCUT2D eigenvalue weighted by Crippen LogP contribution is -2.37. The molecule has 1 aliphatic heterocycles. The van der Waals surface area contributed by atoms with E-state index in [1.165, 1.54) is 63.1 Å². The first-order valence-corrected chi connectivity index (χ1v) is 10.4. The molecule has 2 heteroatoms. The number of Topliss-reactive ketones (excluding diaryl/α,β-unsaturated/α-hetero) is 1. The summed E-state index contributed by atoms with van der Waals surface area (Å²) in [6.07, 6.45) is 13.8. The summed E-state index contributed by atoms with van der Waals surface area (Å²) in [5, 5.41) is -0.122. The molecule has 1 nitrogen and oxygen atoms in total. The number of rotatable bonds is 6. The molecule has 1 saturated heterocycles. The third-order valence-electron chi connectivity index (χ3n) is 7.10. The maximum Gasteiger partial charge on any atom is 0.161 e. The Bertz CT molecular complexity index is 532. The second-order valence-electron chi connectivity index (χ2n) is 8.13. The Morgan fingerprint density at radius 2 is 1.54 bits per heavy atom. The van der Waals surface area contributed by atoms with E-state index in [0.29, 0.717) is 12.5 Å². The van der Waals surface area contributed by atoms with E-state index >= 15 is 0 Å². The van der Waals surface area contributed by atoms with Gasteiger partial charge in [-0.05, 0) is 37.2 Å². The molecule has 1 aromatic carbocycles. The van der Waals surface area contributed by atoms with Crippen LogP contribution in [0.3, 0.4) is 0 Å². The lowest BCUT2D eigenvalue weighted by Gasteiger charge is -2.34. The fourth-order valence-corrected chi connectivity index (χ4v) is 5.44. The zero-order valence-corrected chi connectivity index (χ0v) is 15.7. The van der Waals surface area contributed by atoms with Crippen LogP contribution in [0.5, 0.6) is 0 Å². The van der Waals surface area contributed by atoms with E-state index in [4.69, 9.17) is 0 Å². The van der Waals surface area contributed by atoms with Gasteiger partial charge in [0.25, 0.3) is 0 Å². The summed E-state index contributed by atoms with van der Waals surface area (Å²) in [5.41, 5.74) is 2.40. The number of benzene rings is 1. The fraction of sp³-hybridized carbons (Fsp3) is 0.682. The highest BCUT2D eigenvalue weighted by atomic mass is 16.1. The van der Waals surface area contributed by atoms with Gasteiger partial charge in [0.1, 0.15) is 0 Å². The average Bonchev–Trinajstić information content (AvgIpc) is 3.19. The Labute approximate surface area is 148 Å². The second kappa shape index (κ2) is 7.89. The van der Waals surface area contributed by atoms with E-state index < -0.39 is 0 Å². The topological polar surface area (TPSA) is 17.1 Å². The number of hydrogen-bond acceptors (Lipinski definition) is 1. The summed E-state index contributed by atoms with van der Waals surface area (Å²) in [4.78, 5) is 13.4. The average molecular weight is 324 g/mol. The van der Waals surface area contributed by atoms with Gasteiger partial charge in [-0.3, -0.25) is 4.79 Å². The minimum absolute atomic E-state index is 0.122. The van der Waals surface area contributed by atoms with E-state index in [-0.39, 0.29) is 5.31 Å².